The molecule has 0 aliphatic heterocycles. The Morgan fingerprint density at radius 2 is 1.92 bits per heavy atom. The molecule has 0 saturated carbocycles. The predicted octanol–water partition coefficient (Wildman–Crippen LogP) is 3.65. The second-order valence-corrected chi connectivity index (χ2v) is 5.70. The van der Waals surface area contributed by atoms with Crippen LogP contribution in [0, 0.1) is 6.92 Å². The third-order valence-corrected chi connectivity index (χ3v) is 3.82. The van der Waals surface area contributed by atoms with Crippen LogP contribution in [0.4, 0.5) is 11.4 Å². The van der Waals surface area contributed by atoms with Gasteiger partial charge in [-0.25, -0.2) is 0 Å². The van der Waals surface area contributed by atoms with E-state index in [2.05, 4.69) is 5.32 Å². The lowest BCUT2D eigenvalue weighted by Crippen LogP contribution is -2.37. The zero-order valence-electron chi connectivity index (χ0n) is 13.8. The van der Waals surface area contributed by atoms with Gasteiger partial charge in [-0.15, -0.1) is 0 Å². The number of carbonyl (C=O) groups is 2. The first-order chi connectivity index (χ1) is 11.4. The van der Waals surface area contributed by atoms with Crippen LogP contribution in [0.15, 0.2) is 42.5 Å². The van der Waals surface area contributed by atoms with Gasteiger partial charge in [0.2, 0.25) is 11.8 Å². The Bertz CT molecular complexity index is 762. The molecule has 0 unspecified atom stereocenters. The van der Waals surface area contributed by atoms with Gasteiger partial charge in [-0.05, 0) is 36.8 Å². The minimum Gasteiger partial charge on any atom is -0.495 e. The Labute approximate surface area is 146 Å². The Morgan fingerprint density at radius 1 is 1.21 bits per heavy atom. The van der Waals surface area contributed by atoms with Crippen molar-refractivity contribution in [3.05, 3.63) is 53.1 Å². The summed E-state index contributed by atoms with van der Waals surface area (Å²) >= 11 is 6.04. The summed E-state index contributed by atoms with van der Waals surface area (Å²) in [6, 6.07) is 12.4. The number of methoxy groups -OCH3 is 1. The number of hydrogen-bond donors (Lipinski definition) is 1. The van der Waals surface area contributed by atoms with Crippen LogP contribution in [0.3, 0.4) is 0 Å². The fourth-order valence-corrected chi connectivity index (χ4v) is 2.58. The number of rotatable bonds is 5. The van der Waals surface area contributed by atoms with Gasteiger partial charge in [-0.2, -0.15) is 0 Å². The summed E-state index contributed by atoms with van der Waals surface area (Å²) < 4.78 is 5.07. The second-order valence-electron chi connectivity index (χ2n) is 5.29. The first kappa shape index (κ1) is 17.8. The molecule has 0 radical (unpaired) electrons. The molecule has 2 aromatic rings. The summed E-state index contributed by atoms with van der Waals surface area (Å²) in [5.41, 5.74) is 2.18. The van der Waals surface area contributed by atoms with Crippen molar-refractivity contribution in [2.45, 2.75) is 13.8 Å². The Hall–Kier alpha value is -2.53. The molecule has 0 aliphatic carbocycles. The van der Waals surface area contributed by atoms with Crippen molar-refractivity contribution < 1.29 is 14.3 Å². The number of nitrogens with one attached hydrogen (secondary N) is 1. The fourth-order valence-electron chi connectivity index (χ4n) is 2.32. The zero-order valence-corrected chi connectivity index (χ0v) is 14.6. The molecular formula is C18H19ClN2O3. The van der Waals surface area contributed by atoms with E-state index < -0.39 is 0 Å². The SMILES string of the molecule is COc1ccc(NC(=O)CN(C(C)=O)c2ccccc2C)cc1Cl. The maximum Gasteiger partial charge on any atom is 0.244 e. The molecule has 2 rings (SSSR count). The van der Waals surface area contributed by atoms with E-state index in [0.717, 1.165) is 5.56 Å². The van der Waals surface area contributed by atoms with Crippen molar-refractivity contribution in [1.82, 2.24) is 0 Å². The van der Waals surface area contributed by atoms with E-state index in [9.17, 15) is 9.59 Å². The van der Waals surface area contributed by atoms with Crippen LogP contribution in [0.25, 0.3) is 0 Å². The first-order valence-electron chi connectivity index (χ1n) is 7.39. The summed E-state index contributed by atoms with van der Waals surface area (Å²) in [7, 11) is 1.52. The van der Waals surface area contributed by atoms with Gasteiger partial charge >= 0.3 is 0 Å². The van der Waals surface area contributed by atoms with Gasteiger partial charge in [-0.1, -0.05) is 29.8 Å². The number of nitrogens with zero attached hydrogens (tertiary/aromatic N) is 1. The lowest BCUT2D eigenvalue weighted by atomic mass is 10.2. The Balaban J connectivity index is 2.13. The lowest BCUT2D eigenvalue weighted by molar-refractivity contribution is -0.120. The molecule has 5 nitrogen and oxygen atoms in total. The maximum atomic E-state index is 12.3. The molecule has 0 atom stereocenters. The Morgan fingerprint density at radius 3 is 2.50 bits per heavy atom. The van der Waals surface area contributed by atoms with Gasteiger partial charge in [-0.3, -0.25) is 9.59 Å². The molecule has 1 N–H and O–H groups in total. The summed E-state index contributed by atoms with van der Waals surface area (Å²) in [6.45, 7) is 3.25. The van der Waals surface area contributed by atoms with E-state index in [1.807, 2.05) is 31.2 Å². The van der Waals surface area contributed by atoms with E-state index >= 15 is 0 Å². The Kier molecular flexibility index (Phi) is 5.82. The van der Waals surface area contributed by atoms with E-state index in [4.69, 9.17) is 16.3 Å². The van der Waals surface area contributed by atoms with Crippen molar-refractivity contribution >= 4 is 34.8 Å². The summed E-state index contributed by atoms with van der Waals surface area (Å²) in [4.78, 5) is 25.7. The average Bonchev–Trinajstić information content (AvgIpc) is 2.53. The molecule has 0 saturated heterocycles. The van der Waals surface area contributed by atoms with Gasteiger partial charge in [0.15, 0.2) is 0 Å². The van der Waals surface area contributed by atoms with Gasteiger partial charge in [0.1, 0.15) is 12.3 Å². The molecule has 0 heterocycles. The van der Waals surface area contributed by atoms with Crippen molar-refractivity contribution in [2.75, 3.05) is 23.9 Å². The van der Waals surface area contributed by atoms with Crippen LogP contribution in [-0.4, -0.2) is 25.5 Å². The lowest BCUT2D eigenvalue weighted by Gasteiger charge is -2.22. The molecule has 0 aromatic heterocycles. The molecule has 0 spiro atoms. The number of aryl methyl sites for hydroxylation is 1. The number of halogens is 1. The monoisotopic (exact) mass is 346 g/mol. The first-order valence-corrected chi connectivity index (χ1v) is 7.77. The fraction of sp³-hybridized carbons (Fsp3) is 0.222. The highest BCUT2D eigenvalue weighted by molar-refractivity contribution is 6.32. The number of ether oxygens (including phenoxy) is 1. The predicted molar refractivity (Wildman–Crippen MR) is 95.8 cm³/mol. The van der Waals surface area contributed by atoms with Crippen LogP contribution >= 0.6 is 11.6 Å². The number of benzene rings is 2. The number of hydrogen-bond acceptors (Lipinski definition) is 3. The van der Waals surface area contributed by atoms with E-state index in [-0.39, 0.29) is 18.4 Å². The van der Waals surface area contributed by atoms with Gasteiger partial charge in [0, 0.05) is 18.3 Å². The summed E-state index contributed by atoms with van der Waals surface area (Å²) in [5, 5.41) is 3.14. The molecule has 0 bridgehead atoms. The molecule has 0 aliphatic rings. The number of amides is 2. The molecule has 2 amide bonds. The van der Waals surface area contributed by atoms with E-state index in [1.54, 1.807) is 18.2 Å². The molecule has 24 heavy (non-hydrogen) atoms. The van der Waals surface area contributed by atoms with Gasteiger partial charge in [0.25, 0.3) is 0 Å². The standard InChI is InChI=1S/C18H19ClN2O3/c1-12-6-4-5-7-16(12)21(13(2)22)11-18(23)20-14-8-9-17(24-3)15(19)10-14/h4-10H,11H2,1-3H3,(H,20,23). The van der Waals surface area contributed by atoms with Crippen LogP contribution in [0.2, 0.25) is 5.02 Å². The molecule has 2 aromatic carbocycles. The highest BCUT2D eigenvalue weighted by atomic mass is 35.5. The summed E-state index contributed by atoms with van der Waals surface area (Å²) in [6.07, 6.45) is 0. The maximum absolute atomic E-state index is 12.3. The van der Waals surface area contributed by atoms with Crippen LogP contribution in [0.5, 0.6) is 5.75 Å². The third-order valence-electron chi connectivity index (χ3n) is 3.52. The van der Waals surface area contributed by atoms with Gasteiger partial charge in [0.05, 0.1) is 12.1 Å². The van der Waals surface area contributed by atoms with Crippen LogP contribution in [-0.2, 0) is 9.59 Å². The van der Waals surface area contributed by atoms with Crippen molar-refractivity contribution in [3.8, 4) is 5.75 Å². The zero-order chi connectivity index (χ0) is 17.7. The number of para-hydroxylation sites is 1. The highest BCUT2D eigenvalue weighted by Gasteiger charge is 2.17. The highest BCUT2D eigenvalue weighted by Crippen LogP contribution is 2.27. The molecule has 6 heteroatoms. The largest absolute Gasteiger partial charge is 0.495 e. The van der Waals surface area contributed by atoms with Crippen LogP contribution in [0.1, 0.15) is 12.5 Å². The quantitative estimate of drug-likeness (QED) is 0.899. The molecular weight excluding hydrogens is 328 g/mol. The number of anilines is 2. The van der Waals surface area contributed by atoms with Crippen molar-refractivity contribution in [3.63, 3.8) is 0 Å². The topological polar surface area (TPSA) is 58.6 Å². The van der Waals surface area contributed by atoms with E-state index in [1.165, 1.54) is 18.9 Å². The van der Waals surface area contributed by atoms with Crippen molar-refractivity contribution in [1.29, 1.82) is 0 Å². The molecule has 126 valence electrons. The van der Waals surface area contributed by atoms with Gasteiger partial charge < -0.3 is 15.0 Å². The van der Waals surface area contributed by atoms with Crippen LogP contribution < -0.4 is 15.0 Å². The molecule has 0 fully saturated rings. The normalized spacial score (nSPS) is 10.2. The minimum atomic E-state index is -0.310. The van der Waals surface area contributed by atoms with E-state index in [0.29, 0.717) is 22.1 Å². The van der Waals surface area contributed by atoms with Crippen molar-refractivity contribution in [2.24, 2.45) is 0 Å². The third kappa shape index (κ3) is 4.26. The minimum absolute atomic E-state index is 0.0795. The summed E-state index contributed by atoms with van der Waals surface area (Å²) in [5.74, 6) is 0.0156. The smallest absolute Gasteiger partial charge is 0.244 e. The average molecular weight is 347 g/mol. The second kappa shape index (κ2) is 7.84. The number of carbonyl (C=O) groups excluding carboxylic acids is 2.